The molecule has 1 saturated heterocycles. The molecule has 2 amide bonds. The Kier molecular flexibility index (Phi) is 5.31. The summed E-state index contributed by atoms with van der Waals surface area (Å²) < 4.78 is 26.1. The fourth-order valence-electron chi connectivity index (χ4n) is 3.55. The third-order valence-electron chi connectivity index (χ3n) is 4.91. The van der Waals surface area contributed by atoms with Crippen molar-refractivity contribution in [3.8, 4) is 0 Å². The fraction of sp³-hybridized carbons (Fsp3) is 0.316. The topological polar surface area (TPSA) is 145 Å². The van der Waals surface area contributed by atoms with Crippen molar-refractivity contribution in [1.29, 1.82) is 0 Å². The largest absolute Gasteiger partial charge is 0.326 e. The molecule has 3 aromatic rings. The van der Waals surface area contributed by atoms with Crippen LogP contribution in [0.15, 0.2) is 41.6 Å². The minimum atomic E-state index is -3.11. The molecule has 2 aromatic heterocycles. The number of anilines is 2. The van der Waals surface area contributed by atoms with Crippen LogP contribution < -0.4 is 16.2 Å². The lowest BCUT2D eigenvalue weighted by Crippen LogP contribution is -2.28. The van der Waals surface area contributed by atoms with Gasteiger partial charge in [-0.1, -0.05) is 6.07 Å². The second-order valence-corrected chi connectivity index (χ2v) is 9.60. The molecule has 0 bridgehead atoms. The highest BCUT2D eigenvalue weighted by molar-refractivity contribution is 7.91. The molecule has 11 nitrogen and oxygen atoms in total. The molecule has 1 atom stereocenters. The van der Waals surface area contributed by atoms with E-state index in [-0.39, 0.29) is 35.4 Å². The molecule has 1 aliphatic heterocycles. The number of nitrogens with zero attached hydrogens (tertiary/aromatic N) is 4. The first-order valence-corrected chi connectivity index (χ1v) is 11.3. The van der Waals surface area contributed by atoms with Gasteiger partial charge >= 0.3 is 0 Å². The monoisotopic (exact) mass is 444 g/mol. The Morgan fingerprint density at radius 3 is 2.65 bits per heavy atom. The summed E-state index contributed by atoms with van der Waals surface area (Å²) in [5.41, 5.74) is 0.853. The standard InChI is InChI=1S/C19H20N6O5S/c1-12(26)22-13-3-2-4-14(7-13)23-17(27)9-24-11-20-18-16(19(24)28)8-21-25(18)15-5-6-31(29,30)10-15/h2-4,7-8,11,15H,5-6,9-10H2,1H3,(H,22,26)(H,23,27)/t15-/m1/s1. The third-order valence-corrected chi connectivity index (χ3v) is 6.67. The number of rotatable bonds is 5. The number of amides is 2. The van der Waals surface area contributed by atoms with Crippen LogP contribution in [0, 0.1) is 0 Å². The first-order chi connectivity index (χ1) is 14.7. The van der Waals surface area contributed by atoms with E-state index in [0.29, 0.717) is 23.4 Å². The Morgan fingerprint density at radius 1 is 1.23 bits per heavy atom. The van der Waals surface area contributed by atoms with Crippen molar-refractivity contribution in [3.63, 3.8) is 0 Å². The Labute approximate surface area is 177 Å². The maximum Gasteiger partial charge on any atom is 0.264 e. The number of aromatic nitrogens is 4. The Balaban J connectivity index is 1.52. The number of benzene rings is 1. The average Bonchev–Trinajstić information content (AvgIpc) is 3.27. The van der Waals surface area contributed by atoms with Crippen molar-refractivity contribution in [3.05, 3.63) is 47.1 Å². The average molecular weight is 444 g/mol. The van der Waals surface area contributed by atoms with Crippen LogP contribution in [0.1, 0.15) is 19.4 Å². The lowest BCUT2D eigenvalue weighted by molar-refractivity contribution is -0.117. The van der Waals surface area contributed by atoms with Crippen molar-refractivity contribution < 1.29 is 18.0 Å². The summed E-state index contributed by atoms with van der Waals surface area (Å²) in [6.45, 7) is 1.11. The minimum Gasteiger partial charge on any atom is -0.326 e. The molecular formula is C19H20N6O5S. The molecule has 0 aliphatic carbocycles. The van der Waals surface area contributed by atoms with E-state index < -0.39 is 21.3 Å². The van der Waals surface area contributed by atoms with Crippen LogP contribution in [0.5, 0.6) is 0 Å². The highest BCUT2D eigenvalue weighted by Crippen LogP contribution is 2.25. The SMILES string of the molecule is CC(=O)Nc1cccc(NC(=O)Cn2cnc3c(cnn3[C@@H]3CCS(=O)(=O)C3)c2=O)c1. The number of nitrogens with one attached hydrogen (secondary N) is 2. The molecule has 1 aliphatic rings. The van der Waals surface area contributed by atoms with Crippen LogP contribution >= 0.6 is 0 Å². The van der Waals surface area contributed by atoms with Crippen LogP contribution in [0.4, 0.5) is 11.4 Å². The van der Waals surface area contributed by atoms with E-state index in [1.54, 1.807) is 24.3 Å². The van der Waals surface area contributed by atoms with E-state index in [2.05, 4.69) is 20.7 Å². The molecule has 1 aromatic carbocycles. The number of fused-ring (bicyclic) bond motifs is 1. The summed E-state index contributed by atoms with van der Waals surface area (Å²) in [5.74, 6) is -0.629. The maximum absolute atomic E-state index is 12.8. The number of hydrogen-bond acceptors (Lipinski definition) is 7. The zero-order valence-electron chi connectivity index (χ0n) is 16.6. The minimum absolute atomic E-state index is 0.0332. The summed E-state index contributed by atoms with van der Waals surface area (Å²) in [7, 11) is -3.11. The van der Waals surface area contributed by atoms with Crippen molar-refractivity contribution in [2.45, 2.75) is 25.9 Å². The van der Waals surface area contributed by atoms with Gasteiger partial charge in [0.25, 0.3) is 5.56 Å². The van der Waals surface area contributed by atoms with Gasteiger partial charge in [-0.15, -0.1) is 0 Å². The summed E-state index contributed by atoms with van der Waals surface area (Å²) in [5, 5.41) is 9.68. The van der Waals surface area contributed by atoms with Gasteiger partial charge in [-0.05, 0) is 24.6 Å². The fourth-order valence-corrected chi connectivity index (χ4v) is 5.24. The molecule has 2 N–H and O–H groups in total. The molecule has 12 heteroatoms. The number of hydrogen-bond donors (Lipinski definition) is 2. The zero-order valence-corrected chi connectivity index (χ0v) is 17.4. The van der Waals surface area contributed by atoms with E-state index in [1.807, 2.05) is 0 Å². The normalized spacial score (nSPS) is 17.5. The van der Waals surface area contributed by atoms with E-state index >= 15 is 0 Å². The van der Waals surface area contributed by atoms with Crippen LogP contribution in [0.2, 0.25) is 0 Å². The van der Waals surface area contributed by atoms with Crippen molar-refractivity contribution in [1.82, 2.24) is 19.3 Å². The van der Waals surface area contributed by atoms with Gasteiger partial charge in [0.2, 0.25) is 11.8 Å². The van der Waals surface area contributed by atoms with Crippen LogP contribution in [0.3, 0.4) is 0 Å². The molecule has 3 heterocycles. The van der Waals surface area contributed by atoms with Crippen LogP contribution in [0.25, 0.3) is 11.0 Å². The Bertz CT molecular complexity index is 1340. The number of sulfone groups is 1. The van der Waals surface area contributed by atoms with Crippen molar-refractivity contribution in [2.24, 2.45) is 0 Å². The van der Waals surface area contributed by atoms with E-state index in [1.165, 1.54) is 24.1 Å². The quantitative estimate of drug-likeness (QED) is 0.584. The van der Waals surface area contributed by atoms with Gasteiger partial charge in [0.05, 0.1) is 23.7 Å². The molecule has 0 unspecified atom stereocenters. The second kappa shape index (κ2) is 7.95. The summed E-state index contributed by atoms with van der Waals surface area (Å²) in [6.07, 6.45) is 3.02. The van der Waals surface area contributed by atoms with Crippen LogP contribution in [-0.4, -0.2) is 51.1 Å². The Hall–Kier alpha value is -3.54. The molecule has 1 fully saturated rings. The molecule has 0 spiro atoms. The first-order valence-electron chi connectivity index (χ1n) is 9.52. The summed E-state index contributed by atoms with van der Waals surface area (Å²) >= 11 is 0. The highest BCUT2D eigenvalue weighted by atomic mass is 32.2. The molecular weight excluding hydrogens is 424 g/mol. The predicted molar refractivity (Wildman–Crippen MR) is 113 cm³/mol. The van der Waals surface area contributed by atoms with E-state index in [0.717, 1.165) is 4.57 Å². The van der Waals surface area contributed by atoms with E-state index in [9.17, 15) is 22.8 Å². The molecule has 0 saturated carbocycles. The third kappa shape index (κ3) is 4.48. The predicted octanol–water partition coefficient (Wildman–Crippen LogP) is 0.550. The second-order valence-electron chi connectivity index (χ2n) is 7.37. The Morgan fingerprint density at radius 2 is 1.97 bits per heavy atom. The molecule has 4 rings (SSSR count). The molecule has 31 heavy (non-hydrogen) atoms. The van der Waals surface area contributed by atoms with Gasteiger partial charge in [0.1, 0.15) is 18.3 Å². The number of carbonyl (C=O) groups excluding carboxylic acids is 2. The molecule has 0 radical (unpaired) electrons. The van der Waals surface area contributed by atoms with Crippen LogP contribution in [-0.2, 0) is 26.0 Å². The molecule has 162 valence electrons. The lowest BCUT2D eigenvalue weighted by atomic mass is 10.2. The van der Waals surface area contributed by atoms with E-state index in [4.69, 9.17) is 0 Å². The van der Waals surface area contributed by atoms with Crippen molar-refractivity contribution >= 4 is 44.1 Å². The van der Waals surface area contributed by atoms with Gasteiger partial charge < -0.3 is 10.6 Å². The maximum atomic E-state index is 12.8. The van der Waals surface area contributed by atoms with Gasteiger partial charge in [-0.3, -0.25) is 19.0 Å². The summed E-state index contributed by atoms with van der Waals surface area (Å²) in [4.78, 5) is 40.6. The van der Waals surface area contributed by atoms with Crippen molar-refractivity contribution in [2.75, 3.05) is 22.1 Å². The lowest BCUT2D eigenvalue weighted by Gasteiger charge is -2.11. The van der Waals surface area contributed by atoms with Gasteiger partial charge in [-0.25, -0.2) is 18.1 Å². The smallest absolute Gasteiger partial charge is 0.264 e. The van der Waals surface area contributed by atoms with Gasteiger partial charge in [0.15, 0.2) is 15.5 Å². The zero-order chi connectivity index (χ0) is 22.2. The van der Waals surface area contributed by atoms with Gasteiger partial charge in [0, 0.05) is 18.3 Å². The number of carbonyl (C=O) groups is 2. The first kappa shape index (κ1) is 20.7. The summed E-state index contributed by atoms with van der Waals surface area (Å²) in [6, 6.07) is 6.27. The van der Waals surface area contributed by atoms with Gasteiger partial charge in [-0.2, -0.15) is 5.10 Å². The highest BCUT2D eigenvalue weighted by Gasteiger charge is 2.31.